The molecule has 0 radical (unpaired) electrons. The lowest BCUT2D eigenvalue weighted by Gasteiger charge is -2.48. The molecule has 0 aliphatic carbocycles. The summed E-state index contributed by atoms with van der Waals surface area (Å²) >= 11 is 0. The van der Waals surface area contributed by atoms with Gasteiger partial charge in [-0.3, -0.25) is 4.79 Å². The van der Waals surface area contributed by atoms with Gasteiger partial charge in [-0.25, -0.2) is 0 Å². The number of unbranched alkanes of at least 4 members (excludes halogenated alkanes) is 26. The van der Waals surface area contributed by atoms with Crippen molar-refractivity contribution < 1.29 is 89.4 Å². The minimum Gasteiger partial charge on any atom is -0.394 e. The topological polar surface area (TPSA) is 307 Å². The van der Waals surface area contributed by atoms with Crippen LogP contribution in [0.2, 0.25) is 0 Å². The number of carbonyl (C=O) groups excluding carboxylic acids is 1. The second kappa shape index (κ2) is 44.5. The van der Waals surface area contributed by atoms with Gasteiger partial charge in [0.05, 0.1) is 38.6 Å². The summed E-state index contributed by atoms with van der Waals surface area (Å²) in [4.78, 5) is 13.3. The normalized spacial score (nSPS) is 30.2. The lowest BCUT2D eigenvalue weighted by Crippen LogP contribution is -2.66. The molecule has 17 unspecified atom stereocenters. The van der Waals surface area contributed by atoms with Gasteiger partial charge in [-0.05, 0) is 51.4 Å². The number of rotatable bonds is 46. The number of nitrogens with one attached hydrogen (secondary N) is 1. The summed E-state index contributed by atoms with van der Waals surface area (Å²) in [5, 5.41) is 120. The Hall–Kier alpha value is -1.99. The Morgan fingerprint density at radius 3 is 1.27 bits per heavy atom. The van der Waals surface area contributed by atoms with Crippen LogP contribution in [0.3, 0.4) is 0 Å². The van der Waals surface area contributed by atoms with Crippen molar-refractivity contribution in [2.45, 2.75) is 317 Å². The van der Waals surface area contributed by atoms with E-state index in [0.29, 0.717) is 6.42 Å². The summed E-state index contributed by atoms with van der Waals surface area (Å²) < 4.78 is 34.2. The maximum absolute atomic E-state index is 13.3. The molecule has 3 saturated heterocycles. The van der Waals surface area contributed by atoms with Crippen LogP contribution in [0.5, 0.6) is 0 Å². The van der Waals surface area contributed by atoms with E-state index in [1.807, 2.05) is 6.08 Å². The molecule has 12 N–H and O–H groups in total. The first-order chi connectivity index (χ1) is 38.8. The highest BCUT2D eigenvalue weighted by Crippen LogP contribution is 2.33. The van der Waals surface area contributed by atoms with Gasteiger partial charge in [0.2, 0.25) is 5.91 Å². The number of allylic oxidation sites excluding steroid dienone is 5. The van der Waals surface area contributed by atoms with Gasteiger partial charge in [-0.2, -0.15) is 0 Å². The van der Waals surface area contributed by atoms with Crippen molar-refractivity contribution in [3.8, 4) is 0 Å². The number of amides is 1. The Kier molecular flexibility index (Phi) is 40.2. The zero-order chi connectivity index (χ0) is 58.3. The molecule has 468 valence electrons. The van der Waals surface area contributed by atoms with Gasteiger partial charge in [0, 0.05) is 6.42 Å². The molecule has 19 heteroatoms. The Morgan fingerprint density at radius 2 is 0.825 bits per heavy atom. The van der Waals surface area contributed by atoms with Gasteiger partial charge < -0.3 is 89.9 Å². The fraction of sp³-hybridized carbons (Fsp3) is 0.885. The second-order valence-electron chi connectivity index (χ2n) is 22.5. The number of aliphatic hydroxyl groups excluding tert-OH is 11. The first kappa shape index (κ1) is 72.3. The summed E-state index contributed by atoms with van der Waals surface area (Å²) in [7, 11) is 0. The van der Waals surface area contributed by atoms with E-state index in [4.69, 9.17) is 28.4 Å². The van der Waals surface area contributed by atoms with E-state index in [2.05, 4.69) is 43.5 Å². The SMILES string of the molecule is CCCCCCC/C=C\C/C=C\CCCCCCCCCCCCCC(=O)NC(COC1OC(CO)C(OC2OC(CO)C(OC3OC(CO)C(O)C(O)C3O)C(O)C2O)C(O)C1O)C(O)/C=C/CCCCCCCCCCCC. The highest BCUT2D eigenvalue weighted by molar-refractivity contribution is 5.76. The summed E-state index contributed by atoms with van der Waals surface area (Å²) in [6.07, 6.45) is 21.3. The van der Waals surface area contributed by atoms with Crippen molar-refractivity contribution in [2.75, 3.05) is 26.4 Å². The Bertz CT molecular complexity index is 1600. The maximum Gasteiger partial charge on any atom is 0.220 e. The molecule has 0 spiro atoms. The molecular formula is C61H111NO18. The minimum absolute atomic E-state index is 0.241. The summed E-state index contributed by atoms with van der Waals surface area (Å²) in [5.41, 5.74) is 0. The lowest BCUT2D eigenvalue weighted by molar-refractivity contribution is -0.379. The predicted octanol–water partition coefficient (Wildman–Crippen LogP) is 6.10. The van der Waals surface area contributed by atoms with E-state index in [1.54, 1.807) is 6.08 Å². The third-order valence-corrected chi connectivity index (χ3v) is 15.7. The van der Waals surface area contributed by atoms with Gasteiger partial charge in [0.1, 0.15) is 73.2 Å². The quantitative estimate of drug-likeness (QED) is 0.0242. The van der Waals surface area contributed by atoms with Crippen molar-refractivity contribution in [1.82, 2.24) is 5.32 Å². The Morgan fingerprint density at radius 1 is 0.450 bits per heavy atom. The summed E-state index contributed by atoms with van der Waals surface area (Å²) in [6.45, 7) is 1.70. The maximum atomic E-state index is 13.3. The zero-order valence-electron chi connectivity index (χ0n) is 48.8. The molecule has 17 atom stereocenters. The highest BCUT2D eigenvalue weighted by Gasteiger charge is 2.53. The number of ether oxygens (including phenoxy) is 6. The van der Waals surface area contributed by atoms with Crippen LogP contribution in [0.1, 0.15) is 213 Å². The molecular weight excluding hydrogens is 1030 g/mol. The fourth-order valence-electron chi connectivity index (χ4n) is 10.5. The van der Waals surface area contributed by atoms with Crippen molar-refractivity contribution in [3.63, 3.8) is 0 Å². The smallest absolute Gasteiger partial charge is 0.220 e. The monoisotopic (exact) mass is 1150 g/mol. The molecule has 0 bridgehead atoms. The molecule has 0 aromatic heterocycles. The van der Waals surface area contributed by atoms with Gasteiger partial charge in [0.15, 0.2) is 18.9 Å². The molecule has 3 rings (SSSR count). The number of hydrogen-bond acceptors (Lipinski definition) is 18. The summed E-state index contributed by atoms with van der Waals surface area (Å²) in [5.74, 6) is -0.279. The molecule has 3 heterocycles. The van der Waals surface area contributed by atoms with Crippen molar-refractivity contribution >= 4 is 5.91 Å². The van der Waals surface area contributed by atoms with E-state index < -0.39 is 124 Å². The van der Waals surface area contributed by atoms with Crippen LogP contribution < -0.4 is 5.32 Å². The number of hydrogen-bond donors (Lipinski definition) is 12. The van der Waals surface area contributed by atoms with Gasteiger partial charge in [0.25, 0.3) is 0 Å². The van der Waals surface area contributed by atoms with Crippen molar-refractivity contribution in [2.24, 2.45) is 0 Å². The van der Waals surface area contributed by atoms with Crippen LogP contribution in [0.4, 0.5) is 0 Å². The van der Waals surface area contributed by atoms with Crippen LogP contribution in [0.25, 0.3) is 0 Å². The zero-order valence-corrected chi connectivity index (χ0v) is 48.8. The molecule has 0 saturated carbocycles. The van der Waals surface area contributed by atoms with Crippen molar-refractivity contribution in [1.29, 1.82) is 0 Å². The van der Waals surface area contributed by atoms with E-state index in [-0.39, 0.29) is 18.9 Å². The molecule has 3 fully saturated rings. The first-order valence-electron chi connectivity index (χ1n) is 31.2. The highest BCUT2D eigenvalue weighted by atomic mass is 16.8. The third-order valence-electron chi connectivity index (χ3n) is 15.7. The van der Waals surface area contributed by atoms with E-state index in [1.165, 1.54) is 128 Å². The fourth-order valence-corrected chi connectivity index (χ4v) is 10.5. The largest absolute Gasteiger partial charge is 0.394 e. The van der Waals surface area contributed by atoms with E-state index in [9.17, 15) is 61.0 Å². The molecule has 3 aliphatic rings. The Labute approximate surface area is 479 Å². The van der Waals surface area contributed by atoms with Gasteiger partial charge >= 0.3 is 0 Å². The first-order valence-corrected chi connectivity index (χ1v) is 31.2. The average molecular weight is 1150 g/mol. The van der Waals surface area contributed by atoms with E-state index in [0.717, 1.165) is 57.8 Å². The molecule has 0 aromatic rings. The van der Waals surface area contributed by atoms with Crippen LogP contribution in [0.15, 0.2) is 36.5 Å². The van der Waals surface area contributed by atoms with Gasteiger partial charge in [-0.15, -0.1) is 0 Å². The van der Waals surface area contributed by atoms with Gasteiger partial charge in [-0.1, -0.05) is 192 Å². The van der Waals surface area contributed by atoms with Crippen LogP contribution in [-0.2, 0) is 33.2 Å². The number of carbonyl (C=O) groups is 1. The van der Waals surface area contributed by atoms with Crippen LogP contribution in [0, 0.1) is 0 Å². The molecule has 19 nitrogen and oxygen atoms in total. The van der Waals surface area contributed by atoms with Crippen molar-refractivity contribution in [3.05, 3.63) is 36.5 Å². The van der Waals surface area contributed by atoms with Crippen LogP contribution >= 0.6 is 0 Å². The lowest BCUT2D eigenvalue weighted by atomic mass is 9.96. The second-order valence-corrected chi connectivity index (χ2v) is 22.5. The molecule has 3 aliphatic heterocycles. The standard InChI is InChI=1S/C61H111NO18/c1-3-5-7-9-11-13-15-17-18-19-20-21-22-23-24-25-26-27-29-31-33-35-37-39-49(67)62-44(45(66)38-36-34-32-30-28-16-14-12-10-8-6-4-2)43-75-59-55(73)52(70)57(47(41-64)77-59)80-61-56(74)53(71)58(48(42-65)78-61)79-60-54(72)51(69)50(68)46(40-63)76-60/h15,17,19-20,36,38,44-48,50-61,63-66,68-74H,3-14,16,18,21-35,37,39-43H2,1-2H3,(H,62,67)/b17-15-,20-19-,38-36+. The predicted molar refractivity (Wildman–Crippen MR) is 305 cm³/mol. The third kappa shape index (κ3) is 27.8. The molecule has 1 amide bonds. The Balaban J connectivity index is 1.46. The molecule has 0 aromatic carbocycles. The average Bonchev–Trinajstić information content (AvgIpc) is 3.45. The summed E-state index contributed by atoms with van der Waals surface area (Å²) in [6, 6.07) is -0.972. The minimum atomic E-state index is -1.98. The molecule has 80 heavy (non-hydrogen) atoms. The van der Waals surface area contributed by atoms with Crippen LogP contribution in [-0.4, -0.2) is 193 Å². The number of aliphatic hydroxyl groups is 11. The van der Waals surface area contributed by atoms with E-state index >= 15 is 0 Å².